The number of benzene rings is 1. The molecule has 1 aromatic carbocycles. The Morgan fingerprint density at radius 3 is 1.62 bits per heavy atom. The van der Waals surface area contributed by atoms with Crippen molar-refractivity contribution in [3.05, 3.63) is 63.0 Å². The second-order valence-corrected chi connectivity index (χ2v) is 14.5. The summed E-state index contributed by atoms with van der Waals surface area (Å²) in [6, 6.07) is 2.38. The predicted molar refractivity (Wildman–Crippen MR) is 156 cm³/mol. The van der Waals surface area contributed by atoms with Gasteiger partial charge in [0.2, 0.25) is 0 Å². The molecule has 0 amide bonds. The summed E-state index contributed by atoms with van der Waals surface area (Å²) in [5.41, 5.74) is 10.2. The third kappa shape index (κ3) is 6.94. The third-order valence-corrected chi connectivity index (χ3v) is 7.46. The van der Waals surface area contributed by atoms with Gasteiger partial charge in [0.15, 0.2) is 0 Å². The van der Waals surface area contributed by atoms with Crippen molar-refractivity contribution in [1.29, 1.82) is 0 Å². The molecule has 1 unspecified atom stereocenters. The molecule has 0 saturated heterocycles. The summed E-state index contributed by atoms with van der Waals surface area (Å²) in [4.78, 5) is 0. The van der Waals surface area contributed by atoms with Crippen LogP contribution in [0, 0.1) is 17.8 Å². The molecule has 0 bridgehead atoms. The van der Waals surface area contributed by atoms with Crippen LogP contribution in [0.15, 0.2) is 35.2 Å². The second kappa shape index (κ2) is 10.4. The Hall–Kier alpha value is -1.20. The smallest absolute Gasteiger partial charge is 0.0948 e. The fraction of sp³-hybridized carbons (Fsp3) is 0.625. The van der Waals surface area contributed by atoms with Gasteiger partial charge < -0.3 is 0 Å². The van der Waals surface area contributed by atoms with Crippen LogP contribution in [0.25, 0.3) is 5.57 Å². The molecule has 0 nitrogen and oxygen atoms in total. The van der Waals surface area contributed by atoms with Gasteiger partial charge in [-0.2, -0.15) is 0 Å². The first-order chi connectivity index (χ1) is 15.1. The zero-order valence-electron chi connectivity index (χ0n) is 24.9. The van der Waals surface area contributed by atoms with Crippen molar-refractivity contribution in [1.82, 2.24) is 0 Å². The van der Waals surface area contributed by atoms with Crippen LogP contribution in [-0.2, 0) is 17.0 Å². The van der Waals surface area contributed by atoms with E-state index in [1.807, 2.05) is 0 Å². The van der Waals surface area contributed by atoms with Crippen LogP contribution in [0.2, 0.25) is 0 Å². The lowest BCUT2D eigenvalue weighted by molar-refractivity contribution is 0.488. The maximum Gasteiger partial charge on any atom is 0.0948 e. The van der Waals surface area contributed by atoms with E-state index in [4.69, 9.17) is 0 Å². The summed E-state index contributed by atoms with van der Waals surface area (Å²) in [5.74, 6) is 0. The van der Waals surface area contributed by atoms with Crippen LogP contribution in [0.4, 0.5) is 4.39 Å². The molecule has 0 fully saturated rings. The highest BCUT2D eigenvalue weighted by atomic mass is 31.0. The summed E-state index contributed by atoms with van der Waals surface area (Å²) in [6.45, 7) is 33.4. The first-order valence-electron chi connectivity index (χ1n) is 12.7. The van der Waals surface area contributed by atoms with Crippen LogP contribution >= 0.6 is 9.24 Å². The lowest BCUT2D eigenvalue weighted by Crippen LogP contribution is -2.22. The molecule has 0 radical (unpaired) electrons. The zero-order valence-corrected chi connectivity index (χ0v) is 26.0. The van der Waals surface area contributed by atoms with Gasteiger partial charge in [0.1, 0.15) is 0 Å². The number of halogens is 1. The van der Waals surface area contributed by atoms with Gasteiger partial charge in [0, 0.05) is 5.57 Å². The van der Waals surface area contributed by atoms with Crippen LogP contribution in [-0.4, -0.2) is 0 Å². The van der Waals surface area contributed by atoms with Gasteiger partial charge in [-0.25, -0.2) is 4.39 Å². The summed E-state index contributed by atoms with van der Waals surface area (Å²) < 4.78 is 15.0. The first-order valence-corrected chi connectivity index (χ1v) is 13.5. The molecule has 0 aliphatic carbocycles. The average molecular weight is 487 g/mol. The summed E-state index contributed by atoms with van der Waals surface area (Å²) >= 11 is 0. The lowest BCUT2D eigenvalue weighted by Gasteiger charge is -2.33. The van der Waals surface area contributed by atoms with E-state index in [9.17, 15) is 0 Å². The summed E-state index contributed by atoms with van der Waals surface area (Å²) in [7, 11) is 2.90. The molecule has 34 heavy (non-hydrogen) atoms. The molecule has 0 saturated carbocycles. The van der Waals surface area contributed by atoms with Gasteiger partial charge in [0.25, 0.3) is 0 Å². The van der Waals surface area contributed by atoms with Gasteiger partial charge >= 0.3 is 0 Å². The van der Waals surface area contributed by atoms with Gasteiger partial charge in [-0.15, -0.1) is 9.24 Å². The topological polar surface area (TPSA) is 0 Å². The van der Waals surface area contributed by atoms with Crippen molar-refractivity contribution in [2.75, 3.05) is 0 Å². The summed E-state index contributed by atoms with van der Waals surface area (Å²) in [5, 5.41) is 0. The van der Waals surface area contributed by atoms with Crippen molar-refractivity contribution in [3.63, 3.8) is 0 Å². The predicted octanol–water partition coefficient (Wildman–Crippen LogP) is 10.6. The Bertz CT molecular complexity index is 988. The van der Waals surface area contributed by atoms with Gasteiger partial charge in [0.05, 0.1) is 6.33 Å². The van der Waals surface area contributed by atoms with Crippen molar-refractivity contribution >= 4 is 14.8 Å². The van der Waals surface area contributed by atoms with E-state index in [-0.39, 0.29) is 21.7 Å². The molecule has 0 aliphatic rings. The maximum atomic E-state index is 15.0. The fourth-order valence-electron chi connectivity index (χ4n) is 4.65. The van der Waals surface area contributed by atoms with Gasteiger partial charge in [-0.3, -0.25) is 0 Å². The zero-order chi connectivity index (χ0) is 27.0. The van der Waals surface area contributed by atoms with Gasteiger partial charge in [-0.05, 0) is 87.6 Å². The Kier molecular flexibility index (Phi) is 9.45. The Balaban J connectivity index is 4.26. The molecule has 1 atom stereocenters. The van der Waals surface area contributed by atoms with E-state index in [1.165, 1.54) is 33.4 Å². The van der Waals surface area contributed by atoms with E-state index < -0.39 is 0 Å². The largest absolute Gasteiger partial charge is 0.215 e. The minimum atomic E-state index is -0.117. The number of allylic oxidation sites excluding steroid dienone is 5. The van der Waals surface area contributed by atoms with Crippen molar-refractivity contribution in [2.45, 2.75) is 121 Å². The minimum absolute atomic E-state index is 0.0348. The quantitative estimate of drug-likeness (QED) is 0.293. The number of rotatable bonds is 4. The molecule has 1 rings (SSSR count). The normalized spacial score (nSPS) is 15.6. The maximum absolute atomic E-state index is 15.0. The monoisotopic (exact) mass is 486 g/mol. The van der Waals surface area contributed by atoms with E-state index in [2.05, 4.69) is 125 Å². The highest BCUT2D eigenvalue weighted by molar-refractivity contribution is 7.15. The fourth-order valence-corrected chi connectivity index (χ4v) is 5.07. The van der Waals surface area contributed by atoms with E-state index >= 15 is 4.39 Å². The molecule has 0 heterocycles. The van der Waals surface area contributed by atoms with Crippen molar-refractivity contribution in [2.24, 2.45) is 10.8 Å². The van der Waals surface area contributed by atoms with E-state index in [1.54, 1.807) is 0 Å². The molecule has 192 valence electrons. The van der Waals surface area contributed by atoms with Crippen LogP contribution in [0.5, 0.6) is 0 Å². The standard InChI is InChI=1S/C32H52FP/c1-20(29(4,5)6)16-25(30(7,8)9)21(2)23(18-33)28-22(3)26(31(10,11)12)17-27(24(28)19-34)32(13,14)15/h16-18H,19,34H2,1-15H3/b20-16+,23-18-,25-21+. The van der Waals surface area contributed by atoms with Crippen molar-refractivity contribution < 1.29 is 4.39 Å². The summed E-state index contributed by atoms with van der Waals surface area (Å²) in [6.07, 6.45) is 3.94. The van der Waals surface area contributed by atoms with Gasteiger partial charge in [-0.1, -0.05) is 101 Å². The number of hydrogen-bond acceptors (Lipinski definition) is 0. The van der Waals surface area contributed by atoms with Crippen molar-refractivity contribution in [3.8, 4) is 0 Å². The Morgan fingerprint density at radius 2 is 1.29 bits per heavy atom. The van der Waals surface area contributed by atoms with Crippen LogP contribution < -0.4 is 0 Å². The molecular weight excluding hydrogens is 434 g/mol. The van der Waals surface area contributed by atoms with E-state index in [0.29, 0.717) is 0 Å². The minimum Gasteiger partial charge on any atom is -0.215 e. The Morgan fingerprint density at radius 1 is 0.824 bits per heavy atom. The molecular formula is C32H52FP. The van der Waals surface area contributed by atoms with Crippen LogP contribution in [0.3, 0.4) is 0 Å². The Labute approximate surface area is 213 Å². The second-order valence-electron chi connectivity index (χ2n) is 14.0. The van der Waals surface area contributed by atoms with E-state index in [0.717, 1.165) is 29.2 Å². The highest BCUT2D eigenvalue weighted by Crippen LogP contribution is 2.44. The molecule has 2 heteroatoms. The molecule has 1 aromatic rings. The SMILES string of the molecule is C\C(=C/C(=C(C)\C(=C\F)c1c(C)c(C(C)(C)C)cc(C(C)(C)C)c1CP)C(C)(C)C)C(C)(C)C. The molecule has 0 aliphatic heterocycles. The molecule has 0 aromatic heterocycles. The average Bonchev–Trinajstić information content (AvgIpc) is 2.63. The third-order valence-electron chi connectivity index (χ3n) is 7.05. The lowest BCUT2D eigenvalue weighted by atomic mass is 9.72. The first kappa shape index (κ1) is 30.8. The van der Waals surface area contributed by atoms with Crippen LogP contribution in [0.1, 0.15) is 125 Å². The highest BCUT2D eigenvalue weighted by Gasteiger charge is 2.30. The molecule has 0 spiro atoms. The number of hydrogen-bond donors (Lipinski definition) is 0. The molecule has 0 N–H and O–H groups in total.